The van der Waals surface area contributed by atoms with Gasteiger partial charge in [0.25, 0.3) is 10.0 Å². The maximum Gasteiger partial charge on any atom is 0.316 e. The molecule has 0 aliphatic carbocycles. The molecule has 160 valence electrons. The summed E-state index contributed by atoms with van der Waals surface area (Å²) >= 11 is 6.89. The van der Waals surface area contributed by atoms with Gasteiger partial charge in [-0.1, -0.05) is 11.6 Å². The van der Waals surface area contributed by atoms with Gasteiger partial charge in [0.15, 0.2) is 0 Å². The largest absolute Gasteiger partial charge is 0.370 e. The summed E-state index contributed by atoms with van der Waals surface area (Å²) in [6, 6.07) is 6.39. The van der Waals surface area contributed by atoms with Gasteiger partial charge in [-0.25, -0.2) is 8.42 Å². The molecule has 11 heteroatoms. The van der Waals surface area contributed by atoms with Crippen LogP contribution < -0.4 is 20.7 Å². The molecular weight excluding hydrogens is 448 g/mol. The van der Waals surface area contributed by atoms with Gasteiger partial charge in [-0.2, -0.15) is 0 Å². The second-order valence-electron chi connectivity index (χ2n) is 7.30. The van der Waals surface area contributed by atoms with E-state index in [2.05, 4.69) is 9.62 Å². The van der Waals surface area contributed by atoms with E-state index in [4.69, 9.17) is 11.6 Å². The summed E-state index contributed by atoms with van der Waals surface area (Å²) in [6.07, 6.45) is 3.11. The van der Waals surface area contributed by atoms with Gasteiger partial charge in [-0.3, -0.25) is 14.3 Å². The highest BCUT2D eigenvalue weighted by Gasteiger charge is 2.23. The van der Waals surface area contributed by atoms with E-state index in [1.807, 2.05) is 0 Å². The molecule has 1 aliphatic rings. The predicted molar refractivity (Wildman–Crippen MR) is 121 cm³/mol. The number of hydrogen-bond donors (Lipinski definition) is 1. The minimum absolute atomic E-state index is 0.103. The first-order chi connectivity index (χ1) is 14.2. The molecule has 1 saturated heterocycles. The van der Waals surface area contributed by atoms with Crippen molar-refractivity contribution in [3.8, 4) is 0 Å². The number of thiophene rings is 1. The van der Waals surface area contributed by atoms with Crippen LogP contribution in [0.5, 0.6) is 0 Å². The molecule has 0 spiro atoms. The Hall–Kier alpha value is -2.30. The monoisotopic (exact) mass is 468 g/mol. The Morgan fingerprint density at radius 1 is 0.967 bits per heavy atom. The lowest BCUT2D eigenvalue weighted by atomic mass is 10.1. The van der Waals surface area contributed by atoms with Crippen molar-refractivity contribution in [2.75, 3.05) is 22.7 Å². The standard InChI is InChI=1S/C19H21ClN4O4S2/c1-22-14-10-12(21-30(27,28)17-7-6-16(20)29-17)13(24-8-4-3-5-9-24)11-15(14)23(2)19(26)18(22)25/h6-7,10-11,21H,3-5,8-9H2,1-2H3. The zero-order chi connectivity index (χ0) is 21.6. The van der Waals surface area contributed by atoms with Gasteiger partial charge in [0.1, 0.15) is 4.21 Å². The molecule has 30 heavy (non-hydrogen) atoms. The van der Waals surface area contributed by atoms with E-state index in [0.717, 1.165) is 43.7 Å². The third-order valence-corrected chi connectivity index (χ3v) is 8.45. The molecule has 0 saturated carbocycles. The molecule has 8 nitrogen and oxygen atoms in total. The van der Waals surface area contributed by atoms with Gasteiger partial charge in [0, 0.05) is 27.2 Å². The van der Waals surface area contributed by atoms with Crippen LogP contribution in [0.3, 0.4) is 0 Å². The highest BCUT2D eigenvalue weighted by molar-refractivity contribution is 7.94. The number of halogens is 1. The van der Waals surface area contributed by atoms with E-state index >= 15 is 0 Å². The molecular formula is C19H21ClN4O4S2. The Morgan fingerprint density at radius 3 is 2.13 bits per heavy atom. The fourth-order valence-electron chi connectivity index (χ4n) is 3.72. The lowest BCUT2D eigenvalue weighted by Gasteiger charge is -2.31. The number of aryl methyl sites for hydroxylation is 2. The molecule has 1 aromatic carbocycles. The molecule has 1 fully saturated rings. The summed E-state index contributed by atoms with van der Waals surface area (Å²) in [6.45, 7) is 1.57. The summed E-state index contributed by atoms with van der Waals surface area (Å²) in [5.74, 6) is 0. The quantitative estimate of drug-likeness (QED) is 0.594. The van der Waals surface area contributed by atoms with Crippen LogP contribution in [0.2, 0.25) is 4.34 Å². The number of hydrogen-bond acceptors (Lipinski definition) is 6. The Labute approximate surface area is 182 Å². The number of aromatic nitrogens is 2. The van der Waals surface area contributed by atoms with E-state index in [-0.39, 0.29) is 4.21 Å². The molecule has 4 rings (SSSR count). The van der Waals surface area contributed by atoms with Gasteiger partial charge in [-0.15, -0.1) is 11.3 Å². The number of piperidine rings is 1. The highest BCUT2D eigenvalue weighted by Crippen LogP contribution is 2.35. The average Bonchev–Trinajstić information content (AvgIpc) is 3.18. The van der Waals surface area contributed by atoms with Gasteiger partial charge in [-0.05, 0) is 43.5 Å². The summed E-state index contributed by atoms with van der Waals surface area (Å²) in [7, 11) is -0.813. The van der Waals surface area contributed by atoms with Gasteiger partial charge < -0.3 is 14.0 Å². The minimum atomic E-state index is -3.86. The molecule has 1 aliphatic heterocycles. The van der Waals surface area contributed by atoms with Crippen LogP contribution in [0, 0.1) is 0 Å². The molecule has 0 atom stereocenters. The van der Waals surface area contributed by atoms with E-state index < -0.39 is 21.1 Å². The zero-order valence-electron chi connectivity index (χ0n) is 16.5. The smallest absolute Gasteiger partial charge is 0.316 e. The Kier molecular flexibility index (Phi) is 5.41. The van der Waals surface area contributed by atoms with E-state index in [1.54, 1.807) is 19.2 Å². The van der Waals surface area contributed by atoms with Crippen molar-refractivity contribution in [2.24, 2.45) is 14.1 Å². The normalized spacial score (nSPS) is 15.0. The molecule has 2 aromatic heterocycles. The van der Waals surface area contributed by atoms with Crippen molar-refractivity contribution in [1.82, 2.24) is 9.13 Å². The summed E-state index contributed by atoms with van der Waals surface area (Å²) in [5.41, 5.74) is 0.768. The third-order valence-electron chi connectivity index (χ3n) is 5.36. The van der Waals surface area contributed by atoms with Gasteiger partial charge in [0.2, 0.25) is 0 Å². The molecule has 3 heterocycles. The van der Waals surface area contributed by atoms with Crippen molar-refractivity contribution >= 4 is 55.4 Å². The van der Waals surface area contributed by atoms with Crippen LogP contribution in [-0.4, -0.2) is 30.6 Å². The van der Waals surface area contributed by atoms with Crippen molar-refractivity contribution < 1.29 is 8.42 Å². The predicted octanol–water partition coefficient (Wildman–Crippen LogP) is 2.74. The first kappa shape index (κ1) is 21.0. The molecule has 0 amide bonds. The van der Waals surface area contributed by atoms with Crippen LogP contribution in [0.25, 0.3) is 11.0 Å². The number of anilines is 2. The first-order valence-electron chi connectivity index (χ1n) is 9.46. The van der Waals surface area contributed by atoms with E-state index in [0.29, 0.717) is 26.7 Å². The third kappa shape index (κ3) is 3.63. The minimum Gasteiger partial charge on any atom is -0.370 e. The topological polar surface area (TPSA) is 93.4 Å². The Bertz CT molecular complexity index is 1350. The van der Waals surface area contributed by atoms with Crippen molar-refractivity contribution in [1.29, 1.82) is 0 Å². The summed E-state index contributed by atoms with van der Waals surface area (Å²) in [5, 5.41) is 0. The Balaban J connectivity index is 1.94. The van der Waals surface area contributed by atoms with Crippen molar-refractivity contribution in [3.05, 3.63) is 49.3 Å². The Morgan fingerprint density at radius 2 is 1.57 bits per heavy atom. The molecule has 3 aromatic rings. The van der Waals surface area contributed by atoms with E-state index in [1.165, 1.54) is 28.3 Å². The average molecular weight is 469 g/mol. The number of sulfonamides is 1. The van der Waals surface area contributed by atoms with Crippen LogP contribution in [0.4, 0.5) is 11.4 Å². The lowest BCUT2D eigenvalue weighted by Crippen LogP contribution is -2.39. The SMILES string of the molecule is Cn1c(=O)c(=O)n(C)c2cc(N3CCCCC3)c(NS(=O)(=O)c3ccc(Cl)s3)cc21. The second kappa shape index (κ2) is 7.75. The molecule has 0 unspecified atom stereocenters. The second-order valence-corrected chi connectivity index (χ2v) is 10.9. The van der Waals surface area contributed by atoms with Crippen molar-refractivity contribution in [3.63, 3.8) is 0 Å². The lowest BCUT2D eigenvalue weighted by molar-refractivity contribution is 0.578. The van der Waals surface area contributed by atoms with Crippen molar-refractivity contribution in [2.45, 2.75) is 23.5 Å². The summed E-state index contributed by atoms with van der Waals surface area (Å²) in [4.78, 5) is 26.7. The molecule has 1 N–H and O–H groups in total. The highest BCUT2D eigenvalue weighted by atomic mass is 35.5. The fraction of sp³-hybridized carbons (Fsp3) is 0.368. The maximum atomic E-state index is 13.0. The van der Waals surface area contributed by atoms with E-state index in [9.17, 15) is 18.0 Å². The number of fused-ring (bicyclic) bond motifs is 1. The van der Waals surface area contributed by atoms with Gasteiger partial charge in [0.05, 0.1) is 26.7 Å². The number of benzene rings is 1. The van der Waals surface area contributed by atoms with Crippen LogP contribution in [0.1, 0.15) is 19.3 Å². The molecule has 0 radical (unpaired) electrons. The van der Waals surface area contributed by atoms with Crippen LogP contribution in [-0.2, 0) is 24.1 Å². The van der Waals surface area contributed by atoms with Gasteiger partial charge >= 0.3 is 11.1 Å². The number of rotatable bonds is 4. The summed E-state index contributed by atoms with van der Waals surface area (Å²) < 4.78 is 31.6. The van der Waals surface area contributed by atoms with Crippen LogP contribution in [0.15, 0.2) is 38.1 Å². The van der Waals surface area contributed by atoms with Crippen LogP contribution >= 0.6 is 22.9 Å². The number of nitrogens with zero attached hydrogens (tertiary/aromatic N) is 3. The fourth-order valence-corrected chi connectivity index (χ4v) is 6.27. The first-order valence-corrected chi connectivity index (χ1v) is 12.1. The maximum absolute atomic E-state index is 13.0. The molecule has 0 bridgehead atoms. The number of nitrogens with one attached hydrogen (secondary N) is 1. The zero-order valence-corrected chi connectivity index (χ0v) is 18.9.